The maximum absolute atomic E-state index is 14.7. The molecule has 32 heavy (non-hydrogen) atoms. The predicted molar refractivity (Wildman–Crippen MR) is 122 cm³/mol. The molecule has 1 atom stereocenters. The molecule has 0 saturated heterocycles. The molecule has 158 valence electrons. The number of carbonyl (C=O) groups excluding carboxylic acids is 2. The third kappa shape index (κ3) is 3.94. The van der Waals surface area contributed by atoms with E-state index in [2.05, 4.69) is 21.5 Å². The van der Waals surface area contributed by atoms with E-state index in [-0.39, 0.29) is 11.3 Å². The summed E-state index contributed by atoms with van der Waals surface area (Å²) in [4.78, 5) is 31.7. The Morgan fingerprint density at radius 2 is 1.69 bits per heavy atom. The fraction of sp³-hybridized carbons (Fsp3) is 0.0800. The van der Waals surface area contributed by atoms with Gasteiger partial charge >= 0.3 is 6.03 Å². The van der Waals surface area contributed by atoms with Crippen LogP contribution in [0.25, 0.3) is 0 Å². The molecule has 1 heterocycles. The van der Waals surface area contributed by atoms with Crippen LogP contribution in [0.15, 0.2) is 77.8 Å². The number of likely N-dealkylation sites (N-methyl/N-ethyl adjacent to an activating group) is 1. The maximum atomic E-state index is 14.7. The molecule has 0 spiro atoms. The topological polar surface area (TPSA) is 73.8 Å². The van der Waals surface area contributed by atoms with Gasteiger partial charge in [-0.2, -0.15) is 0 Å². The van der Waals surface area contributed by atoms with Gasteiger partial charge in [0.2, 0.25) is 6.17 Å². The highest BCUT2D eigenvalue weighted by Crippen LogP contribution is 2.28. The number of hydrogen-bond donors (Lipinski definition) is 2. The molecule has 4 rings (SSSR count). The smallest absolute Gasteiger partial charge is 0.311 e. The number of benzene rings is 3. The molecule has 6 nitrogen and oxygen atoms in total. The van der Waals surface area contributed by atoms with Gasteiger partial charge in [-0.05, 0) is 30.3 Å². The van der Waals surface area contributed by atoms with Gasteiger partial charge < -0.3 is 15.5 Å². The van der Waals surface area contributed by atoms with E-state index in [9.17, 15) is 14.0 Å². The Hall–Kier alpha value is -4.44. The third-order valence-electron chi connectivity index (χ3n) is 5.07. The van der Waals surface area contributed by atoms with E-state index in [0.29, 0.717) is 22.5 Å². The molecule has 1 aliphatic heterocycles. The Labute approximate surface area is 184 Å². The number of aliphatic imine (C=N–C) groups is 1. The van der Waals surface area contributed by atoms with E-state index in [4.69, 9.17) is 6.42 Å². The van der Waals surface area contributed by atoms with Gasteiger partial charge in [-0.25, -0.2) is 14.2 Å². The first-order valence-corrected chi connectivity index (χ1v) is 9.82. The number of anilines is 2. The number of fused-ring (bicyclic) bond motifs is 1. The minimum absolute atomic E-state index is 0.230. The minimum atomic E-state index is -1.28. The Kier molecular flexibility index (Phi) is 5.69. The lowest BCUT2D eigenvalue weighted by molar-refractivity contribution is -0.119. The van der Waals surface area contributed by atoms with Crippen LogP contribution in [-0.2, 0) is 4.79 Å². The first-order valence-electron chi connectivity index (χ1n) is 9.82. The highest BCUT2D eigenvalue weighted by Gasteiger charge is 2.31. The molecule has 7 heteroatoms. The van der Waals surface area contributed by atoms with E-state index < -0.39 is 23.9 Å². The van der Waals surface area contributed by atoms with Crippen molar-refractivity contribution in [1.29, 1.82) is 0 Å². The van der Waals surface area contributed by atoms with Crippen LogP contribution in [0, 0.1) is 18.2 Å². The second kappa shape index (κ2) is 8.74. The second-order valence-corrected chi connectivity index (χ2v) is 7.06. The summed E-state index contributed by atoms with van der Waals surface area (Å²) in [6.07, 6.45) is 4.20. The van der Waals surface area contributed by atoms with Crippen LogP contribution in [-0.4, -0.2) is 30.9 Å². The first kappa shape index (κ1) is 20.8. The van der Waals surface area contributed by atoms with Crippen molar-refractivity contribution in [2.24, 2.45) is 4.99 Å². The summed E-state index contributed by atoms with van der Waals surface area (Å²) in [5.41, 5.74) is 2.55. The number of para-hydroxylation sites is 2. The summed E-state index contributed by atoms with van der Waals surface area (Å²) < 4.78 is 14.7. The number of halogens is 1. The van der Waals surface area contributed by atoms with Crippen molar-refractivity contribution in [2.45, 2.75) is 6.17 Å². The van der Waals surface area contributed by atoms with Gasteiger partial charge in [-0.1, -0.05) is 48.4 Å². The van der Waals surface area contributed by atoms with E-state index >= 15 is 0 Å². The van der Waals surface area contributed by atoms with Gasteiger partial charge in [0.05, 0.1) is 17.1 Å². The van der Waals surface area contributed by atoms with Crippen molar-refractivity contribution in [1.82, 2.24) is 5.32 Å². The van der Waals surface area contributed by atoms with Crippen molar-refractivity contribution in [3.8, 4) is 12.3 Å². The van der Waals surface area contributed by atoms with E-state index in [0.717, 1.165) is 0 Å². The zero-order valence-electron chi connectivity index (χ0n) is 17.2. The zero-order chi connectivity index (χ0) is 22.7. The number of benzodiazepines with no additional fused rings is 1. The summed E-state index contributed by atoms with van der Waals surface area (Å²) in [5, 5.41) is 5.22. The summed E-state index contributed by atoms with van der Waals surface area (Å²) in [6, 6.07) is 19.4. The van der Waals surface area contributed by atoms with Crippen LogP contribution in [0.4, 0.5) is 20.6 Å². The number of hydrogen-bond acceptors (Lipinski definition) is 3. The summed E-state index contributed by atoms with van der Waals surface area (Å²) in [6.45, 7) is 0. The molecule has 0 aromatic heterocycles. The minimum Gasteiger partial charge on any atom is -0.311 e. The van der Waals surface area contributed by atoms with Crippen molar-refractivity contribution in [3.63, 3.8) is 0 Å². The molecule has 0 saturated carbocycles. The van der Waals surface area contributed by atoms with Crippen LogP contribution in [0.2, 0.25) is 0 Å². The van der Waals surface area contributed by atoms with Gasteiger partial charge in [0.15, 0.2) is 0 Å². The van der Waals surface area contributed by atoms with Gasteiger partial charge in [0.1, 0.15) is 5.82 Å². The Balaban J connectivity index is 1.73. The number of amides is 3. The van der Waals surface area contributed by atoms with Crippen LogP contribution < -0.4 is 15.5 Å². The normalized spacial score (nSPS) is 15.2. The predicted octanol–water partition coefficient (Wildman–Crippen LogP) is 3.77. The van der Waals surface area contributed by atoms with Gasteiger partial charge in [0, 0.05) is 23.7 Å². The average Bonchev–Trinajstić information content (AvgIpc) is 2.90. The lowest BCUT2D eigenvalue weighted by Gasteiger charge is -2.21. The molecule has 3 amide bonds. The standard InChI is InChI=1S/C25H19FN4O2/c1-3-16-10-4-8-14-20(16)27-25(32)29-23-24(31)30(2)21-15-9-6-12-18(21)22(28-23)17-11-5-7-13-19(17)26/h1,4-15,23H,2H3,(H2,27,29,32). The van der Waals surface area contributed by atoms with Crippen LogP contribution in [0.1, 0.15) is 16.7 Å². The Morgan fingerprint density at radius 1 is 1.03 bits per heavy atom. The van der Waals surface area contributed by atoms with E-state index in [1.54, 1.807) is 73.8 Å². The second-order valence-electron chi connectivity index (χ2n) is 7.06. The maximum Gasteiger partial charge on any atom is 0.321 e. The number of urea groups is 1. The molecule has 0 aliphatic carbocycles. The molecular formula is C25H19FN4O2. The lowest BCUT2D eigenvalue weighted by atomic mass is 10.00. The van der Waals surface area contributed by atoms with Crippen LogP contribution in [0.5, 0.6) is 0 Å². The Bertz CT molecular complexity index is 1280. The third-order valence-corrected chi connectivity index (χ3v) is 5.07. The number of nitrogens with one attached hydrogen (secondary N) is 2. The highest BCUT2D eigenvalue weighted by molar-refractivity contribution is 6.20. The molecule has 0 fully saturated rings. The van der Waals surface area contributed by atoms with Crippen molar-refractivity contribution < 1.29 is 14.0 Å². The molecule has 0 bridgehead atoms. The van der Waals surface area contributed by atoms with Gasteiger partial charge in [-0.3, -0.25) is 4.79 Å². The van der Waals surface area contributed by atoms with Gasteiger partial charge in [-0.15, -0.1) is 6.42 Å². The molecule has 1 unspecified atom stereocenters. The molecule has 1 aliphatic rings. The van der Waals surface area contributed by atoms with Crippen molar-refractivity contribution in [2.75, 3.05) is 17.3 Å². The van der Waals surface area contributed by atoms with Crippen molar-refractivity contribution >= 4 is 29.0 Å². The van der Waals surface area contributed by atoms with Crippen molar-refractivity contribution in [3.05, 3.63) is 95.3 Å². The van der Waals surface area contributed by atoms with E-state index in [1.807, 2.05) is 0 Å². The molecule has 3 aromatic carbocycles. The molecule has 3 aromatic rings. The number of nitrogens with zero attached hydrogens (tertiary/aromatic N) is 2. The quantitative estimate of drug-likeness (QED) is 0.626. The van der Waals surface area contributed by atoms with Crippen LogP contribution in [0.3, 0.4) is 0 Å². The zero-order valence-corrected chi connectivity index (χ0v) is 17.2. The highest BCUT2D eigenvalue weighted by atomic mass is 19.1. The Morgan fingerprint density at radius 3 is 2.44 bits per heavy atom. The fourth-order valence-electron chi connectivity index (χ4n) is 3.48. The fourth-order valence-corrected chi connectivity index (χ4v) is 3.48. The van der Waals surface area contributed by atoms with E-state index in [1.165, 1.54) is 11.0 Å². The monoisotopic (exact) mass is 426 g/mol. The average molecular weight is 426 g/mol. The molecular weight excluding hydrogens is 407 g/mol. The lowest BCUT2D eigenvalue weighted by Crippen LogP contribution is -2.47. The van der Waals surface area contributed by atoms with Gasteiger partial charge in [0.25, 0.3) is 5.91 Å². The largest absolute Gasteiger partial charge is 0.321 e. The number of terminal acetylenes is 1. The summed E-state index contributed by atoms with van der Waals surface area (Å²) in [7, 11) is 1.58. The number of carbonyl (C=O) groups is 2. The van der Waals surface area contributed by atoms with Crippen LogP contribution >= 0.6 is 0 Å². The summed E-state index contributed by atoms with van der Waals surface area (Å²) >= 11 is 0. The number of rotatable bonds is 3. The first-order chi connectivity index (χ1) is 15.5. The summed E-state index contributed by atoms with van der Waals surface area (Å²) in [5.74, 6) is 1.54. The SMILES string of the molecule is C#Cc1ccccc1NC(=O)NC1N=C(c2ccccc2F)c2ccccc2N(C)C1=O. The molecule has 2 N–H and O–H groups in total. The molecule has 0 radical (unpaired) electrons.